The van der Waals surface area contributed by atoms with Gasteiger partial charge in [0.2, 0.25) is 11.1 Å². The standard InChI is InChI=1S/C15H18N6O2S2/c1-7(24-15-18-19-20-21(15)8-5-6-8)13(23)17-14-11(12(16)22)9-3-2-4-10(9)25-14/h7-8H,2-6H2,1H3,(H2,16,22)(H,17,23)/t7-/m1/s1. The lowest BCUT2D eigenvalue weighted by molar-refractivity contribution is -0.115. The molecule has 1 saturated carbocycles. The normalized spacial score (nSPS) is 17.3. The molecule has 1 atom stereocenters. The monoisotopic (exact) mass is 378 g/mol. The molecule has 0 radical (unpaired) electrons. The maximum atomic E-state index is 12.6. The number of rotatable bonds is 6. The highest BCUT2D eigenvalue weighted by molar-refractivity contribution is 8.00. The van der Waals surface area contributed by atoms with Crippen LogP contribution in [0.5, 0.6) is 0 Å². The van der Waals surface area contributed by atoms with Crippen LogP contribution in [0.3, 0.4) is 0 Å². The van der Waals surface area contributed by atoms with Crippen molar-refractivity contribution in [3.63, 3.8) is 0 Å². The molecule has 3 N–H and O–H groups in total. The van der Waals surface area contributed by atoms with Gasteiger partial charge in [-0.1, -0.05) is 11.8 Å². The molecule has 2 heterocycles. The van der Waals surface area contributed by atoms with Crippen molar-refractivity contribution in [1.29, 1.82) is 0 Å². The number of primary amides is 1. The quantitative estimate of drug-likeness (QED) is 0.740. The van der Waals surface area contributed by atoms with E-state index in [-0.39, 0.29) is 11.2 Å². The van der Waals surface area contributed by atoms with Crippen molar-refractivity contribution in [2.45, 2.75) is 55.5 Å². The second kappa shape index (κ2) is 6.41. The lowest BCUT2D eigenvalue weighted by Crippen LogP contribution is -2.24. The predicted molar refractivity (Wildman–Crippen MR) is 94.9 cm³/mol. The Morgan fingerprint density at radius 1 is 1.40 bits per heavy atom. The first-order chi connectivity index (χ1) is 12.0. The van der Waals surface area contributed by atoms with Crippen molar-refractivity contribution in [2.75, 3.05) is 5.32 Å². The van der Waals surface area contributed by atoms with E-state index >= 15 is 0 Å². The van der Waals surface area contributed by atoms with Crippen LogP contribution in [0.4, 0.5) is 5.00 Å². The van der Waals surface area contributed by atoms with Gasteiger partial charge in [0.25, 0.3) is 5.91 Å². The summed E-state index contributed by atoms with van der Waals surface area (Å²) in [5.74, 6) is -0.662. The molecule has 132 valence electrons. The second-order valence-electron chi connectivity index (χ2n) is 6.31. The zero-order chi connectivity index (χ0) is 17.6. The molecule has 25 heavy (non-hydrogen) atoms. The average Bonchev–Trinajstić information content (AvgIpc) is 2.98. The second-order valence-corrected chi connectivity index (χ2v) is 8.73. The van der Waals surface area contributed by atoms with E-state index in [9.17, 15) is 9.59 Å². The fourth-order valence-corrected chi connectivity index (χ4v) is 5.15. The summed E-state index contributed by atoms with van der Waals surface area (Å²) >= 11 is 2.78. The van der Waals surface area contributed by atoms with Crippen LogP contribution in [0.15, 0.2) is 5.16 Å². The Hall–Kier alpha value is -1.94. The van der Waals surface area contributed by atoms with Crippen molar-refractivity contribution in [3.05, 3.63) is 16.0 Å². The van der Waals surface area contributed by atoms with Crippen LogP contribution in [0.25, 0.3) is 0 Å². The smallest absolute Gasteiger partial charge is 0.251 e. The first-order valence-corrected chi connectivity index (χ1v) is 9.94. The van der Waals surface area contributed by atoms with Gasteiger partial charge in [0, 0.05) is 4.88 Å². The third-order valence-electron chi connectivity index (χ3n) is 4.41. The summed E-state index contributed by atoms with van der Waals surface area (Å²) in [5, 5.41) is 15.4. The maximum Gasteiger partial charge on any atom is 0.251 e. The number of amides is 2. The van der Waals surface area contributed by atoms with E-state index in [1.165, 1.54) is 23.1 Å². The van der Waals surface area contributed by atoms with Crippen LogP contribution >= 0.6 is 23.1 Å². The number of aryl methyl sites for hydroxylation is 1. The van der Waals surface area contributed by atoms with Gasteiger partial charge in [-0.25, -0.2) is 4.68 Å². The summed E-state index contributed by atoms with van der Waals surface area (Å²) in [5.41, 5.74) is 7.02. The summed E-state index contributed by atoms with van der Waals surface area (Å²) in [4.78, 5) is 25.6. The number of anilines is 1. The minimum absolute atomic E-state index is 0.183. The van der Waals surface area contributed by atoms with Crippen LogP contribution < -0.4 is 11.1 Å². The van der Waals surface area contributed by atoms with E-state index < -0.39 is 5.91 Å². The number of nitrogens with zero attached hydrogens (tertiary/aromatic N) is 4. The van der Waals surface area contributed by atoms with E-state index in [2.05, 4.69) is 20.8 Å². The molecule has 10 heteroatoms. The molecule has 0 spiro atoms. The number of carbonyl (C=O) groups is 2. The van der Waals surface area contributed by atoms with Crippen LogP contribution in [-0.4, -0.2) is 37.3 Å². The number of hydrogen-bond donors (Lipinski definition) is 2. The lowest BCUT2D eigenvalue weighted by Gasteiger charge is -2.11. The largest absolute Gasteiger partial charge is 0.365 e. The van der Waals surface area contributed by atoms with Gasteiger partial charge in [0.15, 0.2) is 0 Å². The Kier molecular flexibility index (Phi) is 4.24. The third-order valence-corrected chi connectivity index (χ3v) is 6.67. The minimum atomic E-state index is -0.479. The van der Waals surface area contributed by atoms with Crippen LogP contribution in [0, 0.1) is 0 Å². The Morgan fingerprint density at radius 2 is 2.20 bits per heavy atom. The van der Waals surface area contributed by atoms with Gasteiger partial charge in [0.05, 0.1) is 16.9 Å². The van der Waals surface area contributed by atoms with Crippen molar-refractivity contribution >= 4 is 39.9 Å². The number of fused-ring (bicyclic) bond motifs is 1. The van der Waals surface area contributed by atoms with Crippen molar-refractivity contribution in [2.24, 2.45) is 5.73 Å². The molecule has 0 aromatic carbocycles. The highest BCUT2D eigenvalue weighted by Crippen LogP contribution is 2.40. The summed E-state index contributed by atoms with van der Waals surface area (Å²) < 4.78 is 1.78. The van der Waals surface area contributed by atoms with E-state index in [1.807, 2.05) is 0 Å². The van der Waals surface area contributed by atoms with Gasteiger partial charge >= 0.3 is 0 Å². The molecule has 0 aliphatic heterocycles. The van der Waals surface area contributed by atoms with E-state index in [0.717, 1.165) is 42.5 Å². The topological polar surface area (TPSA) is 116 Å². The number of nitrogens with one attached hydrogen (secondary N) is 1. The molecule has 0 unspecified atom stereocenters. The summed E-state index contributed by atoms with van der Waals surface area (Å²) in [6.45, 7) is 1.80. The van der Waals surface area contributed by atoms with Gasteiger partial charge < -0.3 is 11.1 Å². The molecule has 4 rings (SSSR count). The number of hydrogen-bond acceptors (Lipinski definition) is 7. The number of thioether (sulfide) groups is 1. The maximum absolute atomic E-state index is 12.6. The van der Waals surface area contributed by atoms with E-state index in [4.69, 9.17) is 5.73 Å². The minimum Gasteiger partial charge on any atom is -0.365 e. The molecule has 2 aliphatic rings. The first-order valence-electron chi connectivity index (χ1n) is 8.24. The molecule has 0 saturated heterocycles. The summed E-state index contributed by atoms with van der Waals surface area (Å²) in [7, 11) is 0. The van der Waals surface area contributed by atoms with Gasteiger partial charge in [-0.15, -0.1) is 16.4 Å². The molecular formula is C15H18N6O2S2. The number of tetrazole rings is 1. The lowest BCUT2D eigenvalue weighted by atomic mass is 10.1. The van der Waals surface area contributed by atoms with Gasteiger partial charge in [-0.2, -0.15) is 0 Å². The predicted octanol–water partition coefficient (Wildman–Crippen LogP) is 1.78. The van der Waals surface area contributed by atoms with Crippen molar-refractivity contribution < 1.29 is 9.59 Å². The Balaban J connectivity index is 1.48. The number of aromatic nitrogens is 4. The number of nitrogens with two attached hydrogens (primary N) is 1. The summed E-state index contributed by atoms with van der Waals surface area (Å²) in [6.07, 6.45) is 4.96. The molecule has 1 fully saturated rings. The molecule has 8 nitrogen and oxygen atoms in total. The van der Waals surface area contributed by atoms with Crippen molar-refractivity contribution in [3.8, 4) is 0 Å². The number of thiophene rings is 1. The first kappa shape index (κ1) is 16.5. The Bertz CT molecular complexity index is 841. The highest BCUT2D eigenvalue weighted by atomic mass is 32.2. The molecule has 2 amide bonds. The molecule has 2 aromatic rings. The van der Waals surface area contributed by atoms with E-state index in [0.29, 0.717) is 21.8 Å². The van der Waals surface area contributed by atoms with Gasteiger partial charge in [-0.3, -0.25) is 9.59 Å². The Morgan fingerprint density at radius 3 is 2.92 bits per heavy atom. The van der Waals surface area contributed by atoms with Crippen LogP contribution in [0.2, 0.25) is 0 Å². The zero-order valence-corrected chi connectivity index (χ0v) is 15.3. The van der Waals surface area contributed by atoms with Gasteiger partial charge in [-0.05, 0) is 55.0 Å². The molecule has 2 aliphatic carbocycles. The van der Waals surface area contributed by atoms with Crippen LogP contribution in [-0.2, 0) is 17.6 Å². The number of carbonyl (C=O) groups excluding carboxylic acids is 2. The molecule has 0 bridgehead atoms. The van der Waals surface area contributed by atoms with Crippen LogP contribution in [0.1, 0.15) is 53.0 Å². The molecule has 2 aromatic heterocycles. The SMILES string of the molecule is C[C@@H](Sc1nnnn1C1CC1)C(=O)Nc1sc2c(c1C(N)=O)CCC2. The van der Waals surface area contributed by atoms with Gasteiger partial charge in [0.1, 0.15) is 5.00 Å². The summed E-state index contributed by atoms with van der Waals surface area (Å²) in [6, 6.07) is 0.356. The molecular weight excluding hydrogens is 360 g/mol. The van der Waals surface area contributed by atoms with Crippen molar-refractivity contribution in [1.82, 2.24) is 20.2 Å². The fraction of sp³-hybridized carbons (Fsp3) is 0.533. The Labute approximate surface area is 152 Å². The van der Waals surface area contributed by atoms with E-state index in [1.54, 1.807) is 11.6 Å². The fourth-order valence-electron chi connectivity index (χ4n) is 2.99. The zero-order valence-electron chi connectivity index (χ0n) is 13.7. The highest BCUT2D eigenvalue weighted by Gasteiger charge is 2.30. The average molecular weight is 378 g/mol. The third kappa shape index (κ3) is 3.15.